The number of phenols is 3. The van der Waals surface area contributed by atoms with Gasteiger partial charge in [0.05, 0.1) is 6.21 Å². The van der Waals surface area contributed by atoms with E-state index in [4.69, 9.17) is 0 Å². The van der Waals surface area contributed by atoms with Gasteiger partial charge in [-0.2, -0.15) is 5.10 Å². The Balaban J connectivity index is 2.16. The second-order valence-electron chi connectivity index (χ2n) is 4.22. The van der Waals surface area contributed by atoms with Gasteiger partial charge in [-0.3, -0.25) is 0 Å². The summed E-state index contributed by atoms with van der Waals surface area (Å²) in [4.78, 5) is 8.26. The molecule has 20 heavy (non-hydrogen) atoms. The van der Waals surface area contributed by atoms with Gasteiger partial charge in [-0.15, -0.1) is 0 Å². The Morgan fingerprint density at radius 1 is 1.05 bits per heavy atom. The number of hydrazone groups is 1. The first-order valence-corrected chi connectivity index (χ1v) is 5.82. The maximum Gasteiger partial charge on any atom is 0.243 e. The SMILES string of the molecule is Cc1cc(C)nc(N/N=C/c2ccc(O)c(O)c2O)n1. The van der Waals surface area contributed by atoms with Crippen LogP contribution >= 0.6 is 0 Å². The van der Waals surface area contributed by atoms with E-state index in [2.05, 4.69) is 20.5 Å². The monoisotopic (exact) mass is 274 g/mol. The fourth-order valence-electron chi connectivity index (χ4n) is 1.62. The molecule has 0 radical (unpaired) electrons. The first-order chi connectivity index (χ1) is 9.47. The van der Waals surface area contributed by atoms with Crippen LogP contribution < -0.4 is 5.43 Å². The first kappa shape index (κ1) is 13.6. The van der Waals surface area contributed by atoms with Crippen LogP contribution in [-0.4, -0.2) is 31.5 Å². The van der Waals surface area contributed by atoms with Crippen LogP contribution in [0.5, 0.6) is 17.2 Å². The minimum Gasteiger partial charge on any atom is -0.504 e. The highest BCUT2D eigenvalue weighted by molar-refractivity contribution is 5.85. The maximum atomic E-state index is 9.60. The molecule has 1 heterocycles. The molecule has 0 unspecified atom stereocenters. The number of phenolic OH excluding ortho intramolecular Hbond substituents is 3. The van der Waals surface area contributed by atoms with E-state index in [1.54, 1.807) is 0 Å². The summed E-state index contributed by atoms with van der Waals surface area (Å²) < 4.78 is 0. The molecule has 104 valence electrons. The predicted molar refractivity (Wildman–Crippen MR) is 74.2 cm³/mol. The van der Waals surface area contributed by atoms with E-state index in [0.29, 0.717) is 5.95 Å². The molecule has 0 spiro atoms. The van der Waals surface area contributed by atoms with Crippen molar-refractivity contribution in [3.8, 4) is 17.2 Å². The molecule has 0 bridgehead atoms. The molecular weight excluding hydrogens is 260 g/mol. The van der Waals surface area contributed by atoms with Crippen LogP contribution in [0.15, 0.2) is 23.3 Å². The zero-order valence-corrected chi connectivity index (χ0v) is 11.0. The predicted octanol–water partition coefficient (Wildman–Crippen LogP) is 1.66. The van der Waals surface area contributed by atoms with E-state index in [0.717, 1.165) is 11.4 Å². The lowest BCUT2D eigenvalue weighted by atomic mass is 10.2. The highest BCUT2D eigenvalue weighted by Crippen LogP contribution is 2.36. The zero-order chi connectivity index (χ0) is 14.7. The summed E-state index contributed by atoms with van der Waals surface area (Å²) in [7, 11) is 0. The Labute approximate surface area is 115 Å². The standard InChI is InChI=1S/C13H14N4O3/c1-7-5-8(2)16-13(15-7)17-14-6-9-3-4-10(18)12(20)11(9)19/h3-6,18-20H,1-2H3,(H,15,16,17)/b14-6+. The maximum absolute atomic E-state index is 9.60. The topological polar surface area (TPSA) is 111 Å². The Kier molecular flexibility index (Phi) is 3.69. The minimum absolute atomic E-state index is 0.247. The molecule has 1 aromatic heterocycles. The average Bonchev–Trinajstić information content (AvgIpc) is 2.38. The van der Waals surface area contributed by atoms with Crippen molar-refractivity contribution in [2.45, 2.75) is 13.8 Å². The van der Waals surface area contributed by atoms with Crippen molar-refractivity contribution in [1.82, 2.24) is 9.97 Å². The van der Waals surface area contributed by atoms with Crippen LogP contribution in [0, 0.1) is 13.8 Å². The van der Waals surface area contributed by atoms with Gasteiger partial charge < -0.3 is 15.3 Å². The molecule has 1 aromatic carbocycles. The first-order valence-electron chi connectivity index (χ1n) is 5.82. The Morgan fingerprint density at radius 2 is 1.70 bits per heavy atom. The third-order valence-electron chi connectivity index (χ3n) is 2.51. The number of nitrogens with one attached hydrogen (secondary N) is 1. The normalized spacial score (nSPS) is 10.9. The van der Waals surface area contributed by atoms with Gasteiger partial charge in [0.2, 0.25) is 11.7 Å². The smallest absolute Gasteiger partial charge is 0.243 e. The molecule has 2 aromatic rings. The van der Waals surface area contributed by atoms with Crippen LogP contribution in [0.2, 0.25) is 0 Å². The largest absolute Gasteiger partial charge is 0.504 e. The van der Waals surface area contributed by atoms with Crippen LogP contribution in [0.1, 0.15) is 17.0 Å². The van der Waals surface area contributed by atoms with E-state index < -0.39 is 17.2 Å². The molecule has 0 atom stereocenters. The molecule has 0 aliphatic rings. The van der Waals surface area contributed by atoms with E-state index in [9.17, 15) is 15.3 Å². The number of aryl methyl sites for hydroxylation is 2. The van der Waals surface area contributed by atoms with Crippen molar-refractivity contribution in [2.75, 3.05) is 5.43 Å². The number of rotatable bonds is 3. The van der Waals surface area contributed by atoms with E-state index in [1.807, 2.05) is 19.9 Å². The third-order valence-corrected chi connectivity index (χ3v) is 2.51. The van der Waals surface area contributed by atoms with Gasteiger partial charge in [0, 0.05) is 17.0 Å². The quantitative estimate of drug-likeness (QED) is 0.385. The number of aromatic hydroxyl groups is 3. The van der Waals surface area contributed by atoms with Gasteiger partial charge in [-0.05, 0) is 32.0 Å². The molecule has 4 N–H and O–H groups in total. The van der Waals surface area contributed by atoms with Crippen molar-refractivity contribution in [3.63, 3.8) is 0 Å². The van der Waals surface area contributed by atoms with E-state index in [1.165, 1.54) is 18.3 Å². The molecule has 0 fully saturated rings. The Bertz CT molecular complexity index is 651. The molecule has 0 saturated heterocycles. The van der Waals surface area contributed by atoms with Gasteiger partial charge in [0.25, 0.3) is 0 Å². The van der Waals surface area contributed by atoms with E-state index >= 15 is 0 Å². The van der Waals surface area contributed by atoms with Crippen LogP contribution in [0.4, 0.5) is 5.95 Å². The summed E-state index contributed by atoms with van der Waals surface area (Å²) in [6, 6.07) is 4.50. The fourth-order valence-corrected chi connectivity index (χ4v) is 1.62. The number of nitrogens with zero attached hydrogens (tertiary/aromatic N) is 3. The highest BCUT2D eigenvalue weighted by Gasteiger charge is 2.09. The van der Waals surface area contributed by atoms with E-state index in [-0.39, 0.29) is 5.56 Å². The Morgan fingerprint density at radius 3 is 2.35 bits per heavy atom. The van der Waals surface area contributed by atoms with Gasteiger partial charge in [0.15, 0.2) is 11.5 Å². The van der Waals surface area contributed by atoms with Crippen LogP contribution in [0.3, 0.4) is 0 Å². The second-order valence-corrected chi connectivity index (χ2v) is 4.22. The summed E-state index contributed by atoms with van der Waals surface area (Å²) in [5.41, 5.74) is 4.49. The van der Waals surface area contributed by atoms with Gasteiger partial charge in [-0.25, -0.2) is 15.4 Å². The van der Waals surface area contributed by atoms with Gasteiger partial charge in [-0.1, -0.05) is 0 Å². The van der Waals surface area contributed by atoms with Gasteiger partial charge >= 0.3 is 0 Å². The molecule has 2 rings (SSSR count). The second kappa shape index (κ2) is 5.43. The zero-order valence-electron chi connectivity index (χ0n) is 11.0. The summed E-state index contributed by atoms with van der Waals surface area (Å²) in [5.74, 6) is -1.10. The van der Waals surface area contributed by atoms with Crippen molar-refractivity contribution >= 4 is 12.2 Å². The summed E-state index contributed by atoms with van der Waals surface area (Å²) in [5, 5.41) is 32.0. The van der Waals surface area contributed by atoms with Crippen LogP contribution in [0.25, 0.3) is 0 Å². The number of hydrogen-bond acceptors (Lipinski definition) is 7. The van der Waals surface area contributed by atoms with Gasteiger partial charge in [0.1, 0.15) is 0 Å². The van der Waals surface area contributed by atoms with Crippen molar-refractivity contribution in [3.05, 3.63) is 35.2 Å². The lowest BCUT2D eigenvalue weighted by Crippen LogP contribution is -1.99. The summed E-state index contributed by atoms with van der Waals surface area (Å²) >= 11 is 0. The summed E-state index contributed by atoms with van der Waals surface area (Å²) in [6.07, 6.45) is 1.29. The molecule has 0 aliphatic carbocycles. The molecule has 0 saturated carbocycles. The minimum atomic E-state index is -0.586. The van der Waals surface area contributed by atoms with Crippen molar-refractivity contribution in [1.29, 1.82) is 0 Å². The summed E-state index contributed by atoms with van der Waals surface area (Å²) in [6.45, 7) is 3.68. The fraction of sp³-hybridized carbons (Fsp3) is 0.154. The lowest BCUT2D eigenvalue weighted by Gasteiger charge is -2.04. The molecule has 0 aliphatic heterocycles. The number of benzene rings is 1. The number of aromatic nitrogens is 2. The third kappa shape index (κ3) is 2.94. The molecular formula is C13H14N4O3. The number of hydrogen-bond donors (Lipinski definition) is 4. The Hall–Kier alpha value is -2.83. The van der Waals surface area contributed by atoms with Crippen molar-refractivity contribution in [2.24, 2.45) is 5.10 Å². The van der Waals surface area contributed by atoms with Crippen LogP contribution in [-0.2, 0) is 0 Å². The molecule has 7 heteroatoms. The lowest BCUT2D eigenvalue weighted by molar-refractivity contribution is 0.367. The average molecular weight is 274 g/mol. The molecule has 7 nitrogen and oxygen atoms in total. The molecule has 0 amide bonds. The van der Waals surface area contributed by atoms with Crippen molar-refractivity contribution < 1.29 is 15.3 Å². The number of anilines is 1. The highest BCUT2D eigenvalue weighted by atomic mass is 16.3.